The van der Waals surface area contributed by atoms with Gasteiger partial charge in [-0.25, -0.2) is 0 Å². The second-order valence-corrected chi connectivity index (χ2v) is 4.88. The number of nitrogens with one attached hydrogen (secondary N) is 1. The van der Waals surface area contributed by atoms with Crippen LogP contribution in [0.25, 0.3) is 0 Å². The van der Waals surface area contributed by atoms with Crippen molar-refractivity contribution in [2.24, 2.45) is 11.8 Å². The van der Waals surface area contributed by atoms with E-state index >= 15 is 0 Å². The first-order valence-electron chi connectivity index (χ1n) is 5.42. The molecule has 0 saturated carbocycles. The Morgan fingerprint density at radius 1 is 1.23 bits per heavy atom. The first-order valence-corrected chi connectivity index (χ1v) is 6.81. The molecule has 0 rings (SSSR count). The monoisotopic (exact) mass is 203 g/mol. The van der Waals surface area contributed by atoms with Crippen molar-refractivity contribution >= 4 is 11.8 Å². The smallest absolute Gasteiger partial charge is 0.00207 e. The summed E-state index contributed by atoms with van der Waals surface area (Å²) in [6.07, 6.45) is 4.94. The zero-order valence-electron chi connectivity index (χ0n) is 9.60. The molecule has 1 nitrogen and oxygen atoms in total. The van der Waals surface area contributed by atoms with Crippen LogP contribution in [0.5, 0.6) is 0 Å². The van der Waals surface area contributed by atoms with Crippen molar-refractivity contribution in [2.75, 3.05) is 25.1 Å². The molecule has 2 unspecified atom stereocenters. The molecule has 0 aromatic carbocycles. The van der Waals surface area contributed by atoms with Gasteiger partial charge in [0.2, 0.25) is 0 Å². The van der Waals surface area contributed by atoms with Crippen molar-refractivity contribution in [3.05, 3.63) is 0 Å². The highest BCUT2D eigenvalue weighted by atomic mass is 32.2. The molecule has 0 fully saturated rings. The van der Waals surface area contributed by atoms with Gasteiger partial charge in [-0.15, -0.1) is 0 Å². The fourth-order valence-electron chi connectivity index (χ4n) is 1.41. The maximum Gasteiger partial charge on any atom is -0.00207 e. The van der Waals surface area contributed by atoms with Crippen LogP contribution in [0.1, 0.15) is 33.6 Å². The van der Waals surface area contributed by atoms with Crippen molar-refractivity contribution in [1.82, 2.24) is 5.32 Å². The van der Waals surface area contributed by atoms with Gasteiger partial charge in [-0.3, -0.25) is 0 Å². The van der Waals surface area contributed by atoms with Crippen LogP contribution in [0.2, 0.25) is 0 Å². The number of thioether (sulfide) groups is 1. The van der Waals surface area contributed by atoms with Crippen LogP contribution < -0.4 is 5.32 Å². The summed E-state index contributed by atoms with van der Waals surface area (Å²) >= 11 is 1.96. The molecule has 0 aliphatic rings. The molecule has 0 saturated heterocycles. The van der Waals surface area contributed by atoms with Crippen molar-refractivity contribution < 1.29 is 0 Å². The summed E-state index contributed by atoms with van der Waals surface area (Å²) in [4.78, 5) is 0. The molecule has 1 N–H and O–H groups in total. The largest absolute Gasteiger partial charge is 0.317 e. The maximum absolute atomic E-state index is 3.41. The summed E-state index contributed by atoms with van der Waals surface area (Å²) in [5.74, 6) is 3.01. The maximum atomic E-state index is 3.41. The summed E-state index contributed by atoms with van der Waals surface area (Å²) < 4.78 is 0. The summed E-state index contributed by atoms with van der Waals surface area (Å²) in [7, 11) is 0. The van der Waals surface area contributed by atoms with Crippen LogP contribution in [0.3, 0.4) is 0 Å². The van der Waals surface area contributed by atoms with Gasteiger partial charge in [0.25, 0.3) is 0 Å². The molecule has 0 amide bonds. The predicted octanol–water partition coefficient (Wildman–Crippen LogP) is 3.01. The molecule has 0 aliphatic heterocycles. The Morgan fingerprint density at radius 3 is 2.46 bits per heavy atom. The fraction of sp³-hybridized carbons (Fsp3) is 1.00. The summed E-state index contributed by atoms with van der Waals surface area (Å²) in [5, 5.41) is 3.41. The van der Waals surface area contributed by atoms with Gasteiger partial charge in [0.05, 0.1) is 0 Å². The Bertz CT molecular complexity index is 106. The Hall–Kier alpha value is 0.310. The Labute approximate surface area is 88.1 Å². The lowest BCUT2D eigenvalue weighted by atomic mass is 9.92. The molecule has 2 atom stereocenters. The summed E-state index contributed by atoms with van der Waals surface area (Å²) in [6.45, 7) is 9.18. The number of hydrogen-bond donors (Lipinski definition) is 1. The van der Waals surface area contributed by atoms with Crippen molar-refractivity contribution in [1.29, 1.82) is 0 Å². The third-order valence-electron chi connectivity index (χ3n) is 2.70. The average Bonchev–Trinajstić information content (AvgIpc) is 2.14. The molecule has 0 aromatic heterocycles. The first-order chi connectivity index (χ1) is 6.22. The van der Waals surface area contributed by atoms with Crippen LogP contribution >= 0.6 is 11.8 Å². The zero-order chi connectivity index (χ0) is 10.1. The van der Waals surface area contributed by atoms with Crippen LogP contribution in [0.4, 0.5) is 0 Å². The lowest BCUT2D eigenvalue weighted by Gasteiger charge is -2.19. The van der Waals surface area contributed by atoms with Crippen LogP contribution in [0, 0.1) is 11.8 Å². The first kappa shape index (κ1) is 13.3. The second kappa shape index (κ2) is 8.89. The van der Waals surface area contributed by atoms with Crippen molar-refractivity contribution in [3.8, 4) is 0 Å². The van der Waals surface area contributed by atoms with E-state index in [9.17, 15) is 0 Å². The van der Waals surface area contributed by atoms with E-state index in [1.54, 1.807) is 0 Å². The quantitative estimate of drug-likeness (QED) is 0.609. The minimum absolute atomic E-state index is 0.821. The third-order valence-corrected chi connectivity index (χ3v) is 3.39. The highest BCUT2D eigenvalue weighted by molar-refractivity contribution is 7.98. The van der Waals surface area contributed by atoms with E-state index in [4.69, 9.17) is 0 Å². The van der Waals surface area contributed by atoms with Crippen LogP contribution in [0.15, 0.2) is 0 Å². The van der Waals surface area contributed by atoms with Crippen molar-refractivity contribution in [3.63, 3.8) is 0 Å². The average molecular weight is 203 g/mol. The molecule has 0 aromatic rings. The van der Waals surface area contributed by atoms with E-state index in [2.05, 4.69) is 32.3 Å². The molecular formula is C11H25NS. The molecule has 80 valence electrons. The Morgan fingerprint density at radius 2 is 1.92 bits per heavy atom. The Balaban J connectivity index is 3.38. The fourth-order valence-corrected chi connectivity index (χ4v) is 1.86. The van der Waals surface area contributed by atoms with Crippen LogP contribution in [-0.4, -0.2) is 25.1 Å². The normalized spacial score (nSPS) is 15.7. The molecule has 0 aliphatic carbocycles. The van der Waals surface area contributed by atoms with E-state index in [-0.39, 0.29) is 0 Å². The SMILES string of the molecule is CCNCC(C)C(C)CCCSC. The molecule has 0 spiro atoms. The van der Waals surface area contributed by atoms with Crippen LogP contribution in [-0.2, 0) is 0 Å². The highest BCUT2D eigenvalue weighted by Gasteiger charge is 2.10. The highest BCUT2D eigenvalue weighted by Crippen LogP contribution is 2.17. The van der Waals surface area contributed by atoms with Gasteiger partial charge < -0.3 is 5.32 Å². The molecule has 13 heavy (non-hydrogen) atoms. The van der Waals surface area contributed by atoms with Gasteiger partial charge in [-0.05, 0) is 49.8 Å². The van der Waals surface area contributed by atoms with Gasteiger partial charge in [0.15, 0.2) is 0 Å². The van der Waals surface area contributed by atoms with Gasteiger partial charge in [-0.1, -0.05) is 20.8 Å². The van der Waals surface area contributed by atoms with Gasteiger partial charge in [-0.2, -0.15) is 11.8 Å². The number of rotatable bonds is 8. The predicted molar refractivity (Wildman–Crippen MR) is 64.5 cm³/mol. The lowest BCUT2D eigenvalue weighted by Crippen LogP contribution is -2.24. The Kier molecular flexibility index (Phi) is 9.10. The number of hydrogen-bond acceptors (Lipinski definition) is 2. The van der Waals surface area contributed by atoms with E-state index in [1.807, 2.05) is 11.8 Å². The lowest BCUT2D eigenvalue weighted by molar-refractivity contribution is 0.348. The van der Waals surface area contributed by atoms with Gasteiger partial charge in [0.1, 0.15) is 0 Å². The van der Waals surface area contributed by atoms with E-state index in [1.165, 1.54) is 25.1 Å². The van der Waals surface area contributed by atoms with Gasteiger partial charge >= 0.3 is 0 Å². The molecule has 0 radical (unpaired) electrons. The molecule has 0 bridgehead atoms. The summed E-state index contributed by atoms with van der Waals surface area (Å²) in [5.41, 5.74) is 0. The molecular weight excluding hydrogens is 178 g/mol. The third kappa shape index (κ3) is 7.39. The zero-order valence-corrected chi connectivity index (χ0v) is 10.4. The van der Waals surface area contributed by atoms with E-state index < -0.39 is 0 Å². The summed E-state index contributed by atoms with van der Waals surface area (Å²) in [6, 6.07) is 0. The van der Waals surface area contributed by atoms with E-state index in [0.29, 0.717) is 0 Å². The topological polar surface area (TPSA) is 12.0 Å². The van der Waals surface area contributed by atoms with Crippen molar-refractivity contribution in [2.45, 2.75) is 33.6 Å². The second-order valence-electron chi connectivity index (χ2n) is 3.90. The van der Waals surface area contributed by atoms with Gasteiger partial charge in [0, 0.05) is 0 Å². The minimum Gasteiger partial charge on any atom is -0.317 e. The molecule has 0 heterocycles. The molecule has 2 heteroatoms. The minimum atomic E-state index is 0.821. The standard InChI is InChI=1S/C11H25NS/c1-5-12-9-11(3)10(2)7-6-8-13-4/h10-12H,5-9H2,1-4H3. The van der Waals surface area contributed by atoms with E-state index in [0.717, 1.165) is 18.4 Å².